The van der Waals surface area contributed by atoms with Crippen LogP contribution < -0.4 is 0 Å². The maximum Gasteiger partial charge on any atom is 0.338 e. The molecule has 0 aliphatic rings. The molecule has 196 valence electrons. The molecule has 7 rings (SSSR count). The van der Waals surface area contributed by atoms with Crippen LogP contribution in [0.2, 0.25) is 0 Å². The van der Waals surface area contributed by atoms with E-state index in [0.29, 0.717) is 70.9 Å². The number of rotatable bonds is 4. The molecule has 7 aromatic rings. The maximum atomic E-state index is 12.1. The van der Waals surface area contributed by atoms with Crippen LogP contribution in [0.3, 0.4) is 0 Å². The summed E-state index contributed by atoms with van der Waals surface area (Å²) in [6.07, 6.45) is 0. The van der Waals surface area contributed by atoms with Gasteiger partial charge in [0.05, 0.1) is 50.1 Å². The first-order chi connectivity index (χ1) is 19.0. The lowest BCUT2D eigenvalue weighted by Gasteiger charge is -2.12. The van der Waals surface area contributed by atoms with E-state index in [9.17, 15) is 39.6 Å². The van der Waals surface area contributed by atoms with Crippen LogP contribution in [0.1, 0.15) is 41.4 Å². The Kier molecular flexibility index (Phi) is 5.33. The van der Waals surface area contributed by atoms with Crippen molar-refractivity contribution in [2.75, 3.05) is 0 Å². The first kappa shape index (κ1) is 25.3. The van der Waals surface area contributed by atoms with E-state index >= 15 is 0 Å². The lowest BCUT2D eigenvalue weighted by Crippen LogP contribution is -2.08. The highest BCUT2D eigenvalue weighted by Gasteiger charge is 2.27. The monoisotopic (exact) mass is 640 g/mol. The zero-order valence-electron chi connectivity index (χ0n) is 19.2. The molecule has 2 aromatic heterocycles. The molecule has 14 heteroatoms. The Labute approximate surface area is 245 Å². The van der Waals surface area contributed by atoms with E-state index < -0.39 is 23.9 Å². The van der Waals surface area contributed by atoms with Crippen LogP contribution in [0.5, 0.6) is 0 Å². The zero-order chi connectivity index (χ0) is 28.4. The van der Waals surface area contributed by atoms with Gasteiger partial charge in [-0.05, 0) is 35.0 Å². The number of hydrogen-bond acceptors (Lipinski definition) is 10. The summed E-state index contributed by atoms with van der Waals surface area (Å²) in [6.45, 7) is 0. The van der Waals surface area contributed by atoms with Crippen LogP contribution in [0, 0.1) is 9.02 Å². The van der Waals surface area contributed by atoms with E-state index in [1.165, 1.54) is 32.8 Å². The zero-order valence-corrected chi connectivity index (χ0v) is 24.1. The third-order valence-electron chi connectivity index (χ3n) is 6.92. The average Bonchev–Trinajstić information content (AvgIpc) is 3.53. The minimum atomic E-state index is -1.36. The van der Waals surface area contributed by atoms with Crippen LogP contribution >= 0.6 is 65.8 Å². The molecule has 0 aliphatic carbocycles. The number of carboxylic acid groups (broad SMARTS) is 4. The third kappa shape index (κ3) is 3.14. The summed E-state index contributed by atoms with van der Waals surface area (Å²) < 4.78 is 2.93. The van der Waals surface area contributed by atoms with E-state index in [1.807, 2.05) is 0 Å². The van der Waals surface area contributed by atoms with Crippen molar-refractivity contribution in [3.63, 3.8) is 0 Å². The Morgan fingerprint density at radius 2 is 0.850 bits per heavy atom. The second kappa shape index (κ2) is 8.42. The molecule has 0 saturated carbocycles. The van der Waals surface area contributed by atoms with Crippen molar-refractivity contribution in [2.24, 2.45) is 0 Å². The molecule has 0 fully saturated rings. The standard InChI is InChI=1S/C26H8O8S6/c27-23(28)9-3-5-1-7-13(19-11(5)21(39-37-19)15(9)25(31)32)18(36)8-2-6-4-10(24(29)30)16(26(33)34)22-12(6)20(38-40-22)14(8)17(7)35/h1-4H,(H,27,28)(H,29,30)(H,31,32)(H,33,34). The van der Waals surface area contributed by atoms with Crippen LogP contribution in [-0.4, -0.2) is 44.3 Å². The normalized spacial score (nSPS) is 12.0. The summed E-state index contributed by atoms with van der Waals surface area (Å²) >= 11 is 12.0. The van der Waals surface area contributed by atoms with Gasteiger partial charge in [-0.1, -0.05) is 65.8 Å². The highest BCUT2D eigenvalue weighted by Crippen LogP contribution is 2.49. The lowest BCUT2D eigenvalue weighted by atomic mass is 9.93. The minimum Gasteiger partial charge on any atom is -0.478 e. The molecule has 0 aliphatic heterocycles. The van der Waals surface area contributed by atoms with E-state index in [2.05, 4.69) is 0 Å². The lowest BCUT2D eigenvalue weighted by molar-refractivity contribution is 0.0653. The molecule has 4 N–H and O–H groups in total. The highest BCUT2D eigenvalue weighted by atomic mass is 32.9. The Morgan fingerprint density at radius 1 is 0.500 bits per heavy atom. The molecule has 40 heavy (non-hydrogen) atoms. The second-order valence-corrected chi connectivity index (χ2v) is 14.0. The molecule has 0 atom stereocenters. The van der Waals surface area contributed by atoms with E-state index in [0.717, 1.165) is 20.7 Å². The fraction of sp³-hybridized carbons (Fsp3) is 0. The Morgan fingerprint density at radius 3 is 1.18 bits per heavy atom. The van der Waals surface area contributed by atoms with Crippen LogP contribution in [0.4, 0.5) is 0 Å². The number of aromatic carboxylic acids is 4. The molecule has 0 radical (unpaired) electrons. The topological polar surface area (TPSA) is 149 Å². The quantitative estimate of drug-likeness (QED) is 0.0837. The fourth-order valence-corrected chi connectivity index (χ4v) is 12.0. The van der Waals surface area contributed by atoms with Crippen LogP contribution in [-0.2, 0) is 0 Å². The summed E-state index contributed by atoms with van der Waals surface area (Å²) in [5, 5.41) is 43.9. The number of carbonyl (C=O) groups is 4. The van der Waals surface area contributed by atoms with E-state index in [-0.39, 0.29) is 22.3 Å². The molecule has 0 amide bonds. The summed E-state index contributed by atoms with van der Waals surface area (Å²) in [6, 6.07) is 6.16. The predicted octanol–water partition coefficient (Wildman–Crippen LogP) is 8.54. The van der Waals surface area contributed by atoms with Crippen molar-refractivity contribution >= 4 is 152 Å². The molecule has 0 unspecified atom stereocenters. The Hall–Kier alpha value is -3.66. The van der Waals surface area contributed by atoms with Crippen molar-refractivity contribution in [1.29, 1.82) is 0 Å². The number of benzene rings is 5. The number of hydrogen-bond donors (Lipinski definition) is 4. The third-order valence-corrected chi connectivity index (χ3v) is 12.7. The SMILES string of the molecule is O=C(O)c1cc2cc3c(=S)c4c(cc5cc(C(=O)O)c(C(=O)O)c6ssc4c56)c(=S)c3c3ssc(c1C(=O)O)c23. The van der Waals surface area contributed by atoms with Gasteiger partial charge in [0.25, 0.3) is 0 Å². The largest absolute Gasteiger partial charge is 0.478 e. The van der Waals surface area contributed by atoms with Gasteiger partial charge in [-0.25, -0.2) is 19.2 Å². The molecular weight excluding hydrogens is 633 g/mol. The van der Waals surface area contributed by atoms with Gasteiger partial charge in [0, 0.05) is 32.3 Å². The van der Waals surface area contributed by atoms with Crippen LogP contribution in [0.15, 0.2) is 24.3 Å². The van der Waals surface area contributed by atoms with Crippen molar-refractivity contribution in [2.45, 2.75) is 0 Å². The molecule has 0 bridgehead atoms. The number of fused-ring (bicyclic) bond motifs is 4. The first-order valence-electron chi connectivity index (χ1n) is 11.1. The Balaban J connectivity index is 1.74. The van der Waals surface area contributed by atoms with Crippen molar-refractivity contribution in [3.8, 4) is 0 Å². The minimum absolute atomic E-state index is 0.281. The van der Waals surface area contributed by atoms with Crippen molar-refractivity contribution < 1.29 is 39.6 Å². The van der Waals surface area contributed by atoms with E-state index in [1.54, 1.807) is 12.1 Å². The molecule has 8 nitrogen and oxygen atoms in total. The molecule has 0 saturated heterocycles. The smallest absolute Gasteiger partial charge is 0.338 e. The van der Waals surface area contributed by atoms with Gasteiger partial charge >= 0.3 is 23.9 Å². The van der Waals surface area contributed by atoms with Gasteiger partial charge < -0.3 is 20.4 Å². The summed E-state index contributed by atoms with van der Waals surface area (Å²) in [5.74, 6) is -5.39. The van der Waals surface area contributed by atoms with Gasteiger partial charge in [0.2, 0.25) is 0 Å². The second-order valence-electron chi connectivity index (χ2n) is 8.92. The fourth-order valence-electron chi connectivity index (χ4n) is 5.34. The predicted molar refractivity (Wildman–Crippen MR) is 164 cm³/mol. The van der Waals surface area contributed by atoms with Crippen LogP contribution in [0.25, 0.3) is 61.9 Å². The molecule has 0 spiro atoms. The molecule has 5 aromatic carbocycles. The highest BCUT2D eigenvalue weighted by molar-refractivity contribution is 7.76. The summed E-state index contributed by atoms with van der Waals surface area (Å²) in [7, 11) is 4.90. The van der Waals surface area contributed by atoms with Crippen molar-refractivity contribution in [3.05, 3.63) is 55.5 Å². The molecule has 2 heterocycles. The molecular formula is C26H8O8S6. The van der Waals surface area contributed by atoms with Crippen molar-refractivity contribution in [1.82, 2.24) is 0 Å². The number of carboxylic acids is 4. The first-order valence-corrected chi connectivity index (χ1v) is 16.2. The average molecular weight is 641 g/mol. The van der Waals surface area contributed by atoms with Gasteiger partial charge in [-0.15, -0.1) is 0 Å². The van der Waals surface area contributed by atoms with Gasteiger partial charge in [0.1, 0.15) is 0 Å². The van der Waals surface area contributed by atoms with Gasteiger partial charge in [-0.2, -0.15) is 0 Å². The summed E-state index contributed by atoms with van der Waals surface area (Å²) in [4.78, 5) is 48.1. The Bertz CT molecular complexity index is 2320. The van der Waals surface area contributed by atoms with E-state index in [4.69, 9.17) is 24.4 Å². The van der Waals surface area contributed by atoms with Gasteiger partial charge in [0.15, 0.2) is 0 Å². The van der Waals surface area contributed by atoms with Gasteiger partial charge in [-0.3, -0.25) is 0 Å². The maximum absolute atomic E-state index is 12.1. The summed E-state index contributed by atoms with van der Waals surface area (Å²) in [5.41, 5.74) is -1.21.